The summed E-state index contributed by atoms with van der Waals surface area (Å²) in [4.78, 5) is 30.1. The van der Waals surface area contributed by atoms with Crippen LogP contribution >= 0.6 is 0 Å². The zero-order valence-electron chi connectivity index (χ0n) is 15.6. The van der Waals surface area contributed by atoms with E-state index in [1.807, 2.05) is 27.7 Å². The van der Waals surface area contributed by atoms with Crippen molar-refractivity contribution < 1.29 is 4.79 Å². The average Bonchev–Trinajstić information content (AvgIpc) is 2.96. The summed E-state index contributed by atoms with van der Waals surface area (Å²) in [5.74, 6) is 1.58. The lowest BCUT2D eigenvalue weighted by Gasteiger charge is -2.14. The molecule has 1 fully saturated rings. The molecular weight excluding hydrogens is 330 g/mol. The highest BCUT2D eigenvalue weighted by Gasteiger charge is 2.33. The molecule has 8 heteroatoms. The number of Topliss-reactive ketones (excluding diaryl/α,β-unsaturated/α-hetero) is 1. The molecule has 138 valence electrons. The van der Waals surface area contributed by atoms with Gasteiger partial charge in [0.05, 0.1) is 28.8 Å². The zero-order valence-corrected chi connectivity index (χ0v) is 15.6. The highest BCUT2D eigenvalue weighted by molar-refractivity contribution is 5.89. The molecule has 0 radical (unpaired) electrons. The highest BCUT2D eigenvalue weighted by atomic mass is 16.1. The lowest BCUT2D eigenvalue weighted by Crippen LogP contribution is -2.35. The first-order chi connectivity index (χ1) is 12.4. The highest BCUT2D eigenvalue weighted by Crippen LogP contribution is 2.15. The van der Waals surface area contributed by atoms with Crippen molar-refractivity contribution in [2.75, 3.05) is 30.3 Å². The second kappa shape index (κ2) is 7.74. The summed E-state index contributed by atoms with van der Waals surface area (Å²) in [6, 6.07) is -0.229. The van der Waals surface area contributed by atoms with E-state index in [1.54, 1.807) is 12.4 Å². The molecule has 2 aromatic heterocycles. The van der Waals surface area contributed by atoms with Crippen LogP contribution in [-0.4, -0.2) is 51.4 Å². The van der Waals surface area contributed by atoms with E-state index in [9.17, 15) is 4.79 Å². The fourth-order valence-corrected chi connectivity index (χ4v) is 2.94. The normalized spacial score (nSPS) is 19.6. The maximum absolute atomic E-state index is 12.6. The van der Waals surface area contributed by atoms with E-state index >= 15 is 0 Å². The predicted octanol–water partition coefficient (Wildman–Crippen LogP) is 1.18. The number of nitrogens with zero attached hydrogens (tertiary/aromatic N) is 4. The number of aryl methyl sites for hydroxylation is 4. The SMILES string of the molecule is Cc1cnc(C)c(NCC2CNC(CNc3nc(C)cnc3C)C2=O)n1. The number of carbonyl (C=O) groups excluding carboxylic acids is 1. The van der Waals surface area contributed by atoms with Crippen LogP contribution in [0.5, 0.6) is 0 Å². The molecule has 3 heterocycles. The van der Waals surface area contributed by atoms with Crippen LogP contribution in [0, 0.1) is 33.6 Å². The molecule has 0 aliphatic carbocycles. The standard InChI is InChI=1S/C18H25N7O/c1-10-5-19-12(3)17(24-10)22-8-14-7-21-15(16(14)26)9-23-18-13(4)20-6-11(2)25-18/h5-6,14-15,21H,7-9H2,1-4H3,(H,22,24)(H,23,25). The van der Waals surface area contributed by atoms with E-state index in [0.717, 1.165) is 34.4 Å². The van der Waals surface area contributed by atoms with Crippen LogP contribution in [0.25, 0.3) is 0 Å². The van der Waals surface area contributed by atoms with Crippen LogP contribution in [0.4, 0.5) is 11.6 Å². The van der Waals surface area contributed by atoms with Gasteiger partial charge >= 0.3 is 0 Å². The molecule has 1 aliphatic heterocycles. The van der Waals surface area contributed by atoms with E-state index in [-0.39, 0.29) is 17.7 Å². The Morgan fingerprint density at radius 1 is 0.962 bits per heavy atom. The summed E-state index contributed by atoms with van der Waals surface area (Å²) >= 11 is 0. The summed E-state index contributed by atoms with van der Waals surface area (Å²) in [5, 5.41) is 9.78. The van der Waals surface area contributed by atoms with Crippen LogP contribution in [-0.2, 0) is 4.79 Å². The van der Waals surface area contributed by atoms with Crippen molar-refractivity contribution in [2.24, 2.45) is 5.92 Å². The molecule has 2 unspecified atom stereocenters. The Labute approximate surface area is 153 Å². The van der Waals surface area contributed by atoms with Gasteiger partial charge in [-0.1, -0.05) is 0 Å². The zero-order chi connectivity index (χ0) is 18.7. The van der Waals surface area contributed by atoms with E-state index < -0.39 is 0 Å². The maximum atomic E-state index is 12.6. The Morgan fingerprint density at radius 2 is 1.50 bits per heavy atom. The third-order valence-electron chi connectivity index (χ3n) is 4.50. The van der Waals surface area contributed by atoms with Gasteiger partial charge in [0, 0.05) is 37.9 Å². The number of ketones is 1. The minimum absolute atomic E-state index is 0.0896. The number of rotatable bonds is 6. The number of hydrogen-bond acceptors (Lipinski definition) is 8. The summed E-state index contributed by atoms with van der Waals surface area (Å²) in [6.45, 7) is 9.29. The van der Waals surface area contributed by atoms with Crippen molar-refractivity contribution in [3.05, 3.63) is 35.2 Å². The molecule has 26 heavy (non-hydrogen) atoms. The minimum atomic E-state index is -0.229. The Balaban J connectivity index is 1.54. The molecule has 3 rings (SSSR count). The van der Waals surface area contributed by atoms with Gasteiger partial charge in [0.1, 0.15) is 11.6 Å². The summed E-state index contributed by atoms with van der Waals surface area (Å²) in [6.07, 6.45) is 3.47. The van der Waals surface area contributed by atoms with Crippen LogP contribution in [0.2, 0.25) is 0 Å². The van der Waals surface area contributed by atoms with E-state index in [4.69, 9.17) is 0 Å². The fraction of sp³-hybridized carbons (Fsp3) is 0.500. The molecule has 8 nitrogen and oxygen atoms in total. The van der Waals surface area contributed by atoms with Gasteiger partial charge in [-0.2, -0.15) is 0 Å². The van der Waals surface area contributed by atoms with Crippen molar-refractivity contribution in [3.8, 4) is 0 Å². The third kappa shape index (κ3) is 4.13. The molecule has 0 bridgehead atoms. The average molecular weight is 355 g/mol. The van der Waals surface area contributed by atoms with Crippen molar-refractivity contribution >= 4 is 17.4 Å². The fourth-order valence-electron chi connectivity index (χ4n) is 2.94. The lowest BCUT2D eigenvalue weighted by molar-refractivity contribution is -0.121. The Bertz CT molecular complexity index is 743. The van der Waals surface area contributed by atoms with Gasteiger partial charge in [0.25, 0.3) is 0 Å². The van der Waals surface area contributed by atoms with Gasteiger partial charge in [0.15, 0.2) is 5.78 Å². The first kappa shape index (κ1) is 18.2. The first-order valence-corrected chi connectivity index (χ1v) is 8.79. The first-order valence-electron chi connectivity index (χ1n) is 8.79. The van der Waals surface area contributed by atoms with Crippen molar-refractivity contribution in [3.63, 3.8) is 0 Å². The van der Waals surface area contributed by atoms with Crippen molar-refractivity contribution in [2.45, 2.75) is 33.7 Å². The molecule has 2 aromatic rings. The number of hydrogen-bond donors (Lipinski definition) is 3. The van der Waals surface area contributed by atoms with Gasteiger partial charge in [-0.3, -0.25) is 14.8 Å². The Kier molecular flexibility index (Phi) is 5.41. The largest absolute Gasteiger partial charge is 0.368 e. The summed E-state index contributed by atoms with van der Waals surface area (Å²) in [5.41, 5.74) is 3.36. The smallest absolute Gasteiger partial charge is 0.157 e. The number of nitrogens with one attached hydrogen (secondary N) is 3. The quantitative estimate of drug-likeness (QED) is 0.709. The molecular formula is C18H25N7O. The Hall–Kier alpha value is -2.61. The monoisotopic (exact) mass is 355 g/mol. The maximum Gasteiger partial charge on any atom is 0.157 e. The Morgan fingerprint density at radius 3 is 2.08 bits per heavy atom. The van der Waals surface area contributed by atoms with Gasteiger partial charge in [0.2, 0.25) is 0 Å². The number of anilines is 2. The van der Waals surface area contributed by atoms with Crippen molar-refractivity contribution in [1.82, 2.24) is 25.3 Å². The van der Waals surface area contributed by atoms with E-state index in [1.165, 1.54) is 0 Å². The molecule has 0 saturated carbocycles. The summed E-state index contributed by atoms with van der Waals surface area (Å²) in [7, 11) is 0. The third-order valence-corrected chi connectivity index (χ3v) is 4.50. The number of carbonyl (C=O) groups is 1. The number of aromatic nitrogens is 4. The molecule has 1 saturated heterocycles. The minimum Gasteiger partial charge on any atom is -0.368 e. The van der Waals surface area contributed by atoms with Crippen LogP contribution in [0.15, 0.2) is 12.4 Å². The molecule has 1 aliphatic rings. The molecule has 3 N–H and O–H groups in total. The van der Waals surface area contributed by atoms with E-state index in [2.05, 4.69) is 35.9 Å². The van der Waals surface area contributed by atoms with Gasteiger partial charge in [-0.25, -0.2) is 9.97 Å². The second-order valence-corrected chi connectivity index (χ2v) is 6.71. The van der Waals surface area contributed by atoms with Gasteiger partial charge < -0.3 is 16.0 Å². The molecule has 0 spiro atoms. The molecule has 0 amide bonds. The van der Waals surface area contributed by atoms with Crippen LogP contribution in [0.3, 0.4) is 0 Å². The summed E-state index contributed by atoms with van der Waals surface area (Å²) < 4.78 is 0. The molecule has 0 aromatic carbocycles. The second-order valence-electron chi connectivity index (χ2n) is 6.71. The lowest BCUT2D eigenvalue weighted by atomic mass is 10.0. The van der Waals surface area contributed by atoms with Gasteiger partial charge in [-0.05, 0) is 27.7 Å². The topological polar surface area (TPSA) is 105 Å². The van der Waals surface area contributed by atoms with Crippen LogP contribution in [0.1, 0.15) is 22.8 Å². The van der Waals surface area contributed by atoms with E-state index in [0.29, 0.717) is 19.6 Å². The molecule has 2 atom stereocenters. The van der Waals surface area contributed by atoms with Crippen LogP contribution < -0.4 is 16.0 Å². The predicted molar refractivity (Wildman–Crippen MR) is 100 cm³/mol. The van der Waals surface area contributed by atoms with Crippen molar-refractivity contribution in [1.29, 1.82) is 0 Å². The van der Waals surface area contributed by atoms with Gasteiger partial charge in [-0.15, -0.1) is 0 Å².